The highest BCUT2D eigenvalue weighted by molar-refractivity contribution is 8.00. The minimum absolute atomic E-state index is 0.0967. The van der Waals surface area contributed by atoms with Crippen LogP contribution in [0.2, 0.25) is 0 Å². The number of amides is 1. The fraction of sp³-hybridized carbons (Fsp3) is 0.409. The van der Waals surface area contributed by atoms with Gasteiger partial charge in [0.05, 0.1) is 10.6 Å². The van der Waals surface area contributed by atoms with Crippen molar-refractivity contribution in [1.82, 2.24) is 4.90 Å². The van der Waals surface area contributed by atoms with Gasteiger partial charge in [-0.3, -0.25) is 14.4 Å². The summed E-state index contributed by atoms with van der Waals surface area (Å²) < 4.78 is 28.4. The predicted octanol–water partition coefficient (Wildman–Crippen LogP) is 4.30. The first-order valence-electron chi connectivity index (χ1n) is 10.3. The first-order chi connectivity index (χ1) is 14.4. The van der Waals surface area contributed by atoms with E-state index in [1.807, 2.05) is 19.1 Å². The lowest BCUT2D eigenvalue weighted by atomic mass is 10.1. The van der Waals surface area contributed by atoms with Crippen molar-refractivity contribution in [2.75, 3.05) is 23.1 Å². The van der Waals surface area contributed by atoms with Gasteiger partial charge in [0.2, 0.25) is 5.91 Å². The van der Waals surface area contributed by atoms with Crippen LogP contribution in [-0.2, 0) is 21.4 Å². The maximum Gasteiger partial charge on any atom is 0.261 e. The molecule has 0 unspecified atom stereocenters. The zero-order valence-corrected chi connectivity index (χ0v) is 18.7. The third-order valence-electron chi connectivity index (χ3n) is 5.40. The Balaban J connectivity index is 1.47. The summed E-state index contributed by atoms with van der Waals surface area (Å²) in [5.74, 6) is -0.0967. The van der Waals surface area contributed by atoms with E-state index < -0.39 is 10.0 Å². The molecule has 0 radical (unpaired) electrons. The number of carbonyl (C=O) groups is 1. The average Bonchev–Trinajstić information content (AvgIpc) is 2.85. The van der Waals surface area contributed by atoms with E-state index in [0.717, 1.165) is 24.5 Å². The lowest BCUT2D eigenvalue weighted by Gasteiger charge is -2.26. The Labute approximate surface area is 182 Å². The molecule has 30 heavy (non-hydrogen) atoms. The van der Waals surface area contributed by atoms with Crippen LogP contribution in [0, 0.1) is 0 Å². The van der Waals surface area contributed by atoms with Crippen LogP contribution in [0.25, 0.3) is 0 Å². The highest BCUT2D eigenvalue weighted by atomic mass is 32.2. The maximum atomic E-state index is 12.9. The second-order valence-electron chi connectivity index (χ2n) is 7.98. The number of fused-ring (bicyclic) bond motifs is 1. The van der Waals surface area contributed by atoms with Crippen LogP contribution in [0.1, 0.15) is 38.2 Å². The Morgan fingerprint density at radius 2 is 1.83 bits per heavy atom. The molecule has 6 nitrogen and oxygen atoms in total. The Bertz CT molecular complexity index is 1020. The van der Waals surface area contributed by atoms with Crippen molar-refractivity contribution in [3.63, 3.8) is 0 Å². The van der Waals surface area contributed by atoms with Gasteiger partial charge in [0.15, 0.2) is 0 Å². The molecule has 0 aromatic heterocycles. The Kier molecular flexibility index (Phi) is 6.36. The molecule has 2 N–H and O–H groups in total. The molecule has 0 spiro atoms. The average molecular weight is 446 g/mol. The van der Waals surface area contributed by atoms with Gasteiger partial charge in [-0.2, -0.15) is 0 Å². The normalized spacial score (nSPS) is 20.2. The number of likely N-dealkylation sites (tertiary alicyclic amines) is 1. The van der Waals surface area contributed by atoms with Gasteiger partial charge in [-0.05, 0) is 61.8 Å². The van der Waals surface area contributed by atoms with Crippen LogP contribution in [0.15, 0.2) is 52.3 Å². The maximum absolute atomic E-state index is 12.9. The number of thioether (sulfide) groups is 1. The largest absolute Gasteiger partial charge is 0.325 e. The molecule has 160 valence electrons. The number of anilines is 2. The number of hydrogen-bond acceptors (Lipinski definition) is 5. The SMILES string of the molecule is C[C@@H]1CC(=O)Nc2cc(S(=O)(=O)Nc3ccc(CN4CCCCC4)cc3)ccc2S1. The third kappa shape index (κ3) is 5.17. The molecule has 2 aliphatic rings. The molecule has 1 amide bonds. The van der Waals surface area contributed by atoms with Crippen LogP contribution in [0.5, 0.6) is 0 Å². The zero-order valence-electron chi connectivity index (χ0n) is 17.1. The number of piperidine rings is 1. The number of rotatable bonds is 5. The van der Waals surface area contributed by atoms with Crippen LogP contribution in [0.3, 0.4) is 0 Å². The zero-order chi connectivity index (χ0) is 21.1. The molecule has 0 saturated carbocycles. The minimum atomic E-state index is -3.75. The number of hydrogen-bond donors (Lipinski definition) is 2. The molecule has 1 fully saturated rings. The summed E-state index contributed by atoms with van der Waals surface area (Å²) in [6, 6.07) is 12.4. The first-order valence-corrected chi connectivity index (χ1v) is 12.7. The van der Waals surface area contributed by atoms with E-state index in [4.69, 9.17) is 0 Å². The second kappa shape index (κ2) is 8.99. The Morgan fingerprint density at radius 3 is 2.57 bits per heavy atom. The number of nitrogens with one attached hydrogen (secondary N) is 2. The number of benzene rings is 2. The standard InChI is InChI=1S/C22H27N3O3S2/c1-16-13-22(26)23-20-14-19(9-10-21(20)29-16)30(27,28)24-18-7-5-17(6-8-18)15-25-11-3-2-4-12-25/h5-10,14,16,24H,2-4,11-13,15H2,1H3,(H,23,26)/t16-/m1/s1. The van der Waals surface area contributed by atoms with E-state index in [-0.39, 0.29) is 16.1 Å². The van der Waals surface area contributed by atoms with Gasteiger partial charge >= 0.3 is 0 Å². The molecule has 0 aliphatic carbocycles. The van der Waals surface area contributed by atoms with Crippen molar-refractivity contribution in [3.05, 3.63) is 48.0 Å². The molecule has 2 aromatic carbocycles. The van der Waals surface area contributed by atoms with E-state index in [2.05, 4.69) is 14.9 Å². The molecule has 0 bridgehead atoms. The molecule has 1 saturated heterocycles. The van der Waals surface area contributed by atoms with Crippen molar-refractivity contribution in [3.8, 4) is 0 Å². The van der Waals surface area contributed by atoms with Crippen LogP contribution >= 0.6 is 11.8 Å². The van der Waals surface area contributed by atoms with Gasteiger partial charge in [0.1, 0.15) is 0 Å². The van der Waals surface area contributed by atoms with Gasteiger partial charge in [0.25, 0.3) is 10.0 Å². The van der Waals surface area contributed by atoms with E-state index in [0.29, 0.717) is 17.8 Å². The number of carbonyl (C=O) groups excluding carboxylic acids is 1. The molecule has 2 aromatic rings. The van der Waals surface area contributed by atoms with Crippen molar-refractivity contribution < 1.29 is 13.2 Å². The molecule has 1 atom stereocenters. The monoisotopic (exact) mass is 445 g/mol. The highest BCUT2D eigenvalue weighted by Crippen LogP contribution is 2.36. The second-order valence-corrected chi connectivity index (χ2v) is 11.1. The van der Waals surface area contributed by atoms with Crippen molar-refractivity contribution in [1.29, 1.82) is 0 Å². The lowest BCUT2D eigenvalue weighted by Crippen LogP contribution is -2.29. The van der Waals surface area contributed by atoms with E-state index in [1.54, 1.807) is 36.0 Å². The first kappa shape index (κ1) is 21.2. The summed E-state index contributed by atoms with van der Waals surface area (Å²) in [5, 5.41) is 2.97. The van der Waals surface area contributed by atoms with Gasteiger partial charge < -0.3 is 5.32 Å². The van der Waals surface area contributed by atoms with E-state index in [9.17, 15) is 13.2 Å². The fourth-order valence-corrected chi connectivity index (χ4v) is 6.00. The minimum Gasteiger partial charge on any atom is -0.325 e. The highest BCUT2D eigenvalue weighted by Gasteiger charge is 2.22. The molecule has 4 rings (SSSR count). The van der Waals surface area contributed by atoms with E-state index >= 15 is 0 Å². The third-order valence-corrected chi connectivity index (χ3v) is 7.96. The summed E-state index contributed by atoms with van der Waals surface area (Å²) in [7, 11) is -3.75. The summed E-state index contributed by atoms with van der Waals surface area (Å²) in [6.07, 6.45) is 4.21. The lowest BCUT2D eigenvalue weighted by molar-refractivity contribution is -0.116. The van der Waals surface area contributed by atoms with Gasteiger partial charge in [0, 0.05) is 28.8 Å². The molecule has 8 heteroatoms. The summed E-state index contributed by atoms with van der Waals surface area (Å²) in [4.78, 5) is 15.4. The van der Waals surface area contributed by atoms with Crippen molar-refractivity contribution in [2.24, 2.45) is 0 Å². The number of sulfonamides is 1. The smallest absolute Gasteiger partial charge is 0.261 e. The number of nitrogens with zero attached hydrogens (tertiary/aromatic N) is 1. The molecule has 2 aliphatic heterocycles. The van der Waals surface area contributed by atoms with Crippen molar-refractivity contribution in [2.45, 2.75) is 54.2 Å². The van der Waals surface area contributed by atoms with Gasteiger partial charge in [-0.1, -0.05) is 25.5 Å². The molecular formula is C22H27N3O3S2. The van der Waals surface area contributed by atoms with Gasteiger partial charge in [-0.15, -0.1) is 11.8 Å². The van der Waals surface area contributed by atoms with Crippen LogP contribution in [0.4, 0.5) is 11.4 Å². The topological polar surface area (TPSA) is 78.5 Å². The summed E-state index contributed by atoms with van der Waals surface area (Å²) in [6.45, 7) is 5.13. The predicted molar refractivity (Wildman–Crippen MR) is 121 cm³/mol. The van der Waals surface area contributed by atoms with Crippen LogP contribution in [-0.4, -0.2) is 37.6 Å². The van der Waals surface area contributed by atoms with E-state index in [1.165, 1.54) is 30.9 Å². The Hall–Kier alpha value is -2.03. The van der Waals surface area contributed by atoms with Crippen LogP contribution < -0.4 is 10.0 Å². The quantitative estimate of drug-likeness (QED) is 0.718. The molecular weight excluding hydrogens is 418 g/mol. The summed E-state index contributed by atoms with van der Waals surface area (Å²) >= 11 is 1.57. The Morgan fingerprint density at radius 1 is 1.10 bits per heavy atom. The van der Waals surface area contributed by atoms with Gasteiger partial charge in [-0.25, -0.2) is 8.42 Å². The van der Waals surface area contributed by atoms with Crippen molar-refractivity contribution >= 4 is 39.1 Å². The molecule has 2 heterocycles. The fourth-order valence-electron chi connectivity index (χ4n) is 3.87. The summed E-state index contributed by atoms with van der Waals surface area (Å²) in [5.41, 5.74) is 2.26.